The van der Waals surface area contributed by atoms with Gasteiger partial charge in [0.05, 0.1) is 39.9 Å². The van der Waals surface area contributed by atoms with Crippen molar-refractivity contribution < 1.29 is 32.9 Å². The van der Waals surface area contributed by atoms with E-state index in [0.717, 1.165) is 32.1 Å². The van der Waals surface area contributed by atoms with Crippen molar-refractivity contribution >= 4 is 13.7 Å². The summed E-state index contributed by atoms with van der Waals surface area (Å²) in [6.45, 7) is 4.60. The zero-order chi connectivity index (χ0) is 40.7. The standard InChI is InChI=1S/C46H91N2O6P/c1-6-8-10-12-14-16-18-19-20-21-22-23-24-25-26-27-28-30-32-34-36-38-40-46(50)47-44(43-54-55(51,52)53-42-41-48(3,4)5)45(49)39-37-35-33-31-29-17-15-13-11-9-7-2/h33,35,37,39,44-45,49H,6-32,34,36,38,40-43H2,1-5H3,(H-,47,50,51,52)/b35-33+,39-37+/t44-,45+/m0/s1. The molecule has 1 unspecified atom stereocenters. The maximum absolute atomic E-state index is 12.8. The van der Waals surface area contributed by atoms with Gasteiger partial charge in [-0.15, -0.1) is 0 Å². The Morgan fingerprint density at radius 3 is 1.45 bits per heavy atom. The van der Waals surface area contributed by atoms with Gasteiger partial charge in [-0.3, -0.25) is 9.36 Å². The van der Waals surface area contributed by atoms with Gasteiger partial charge >= 0.3 is 0 Å². The molecule has 0 aliphatic carbocycles. The third-order valence-corrected chi connectivity index (χ3v) is 11.4. The van der Waals surface area contributed by atoms with Gasteiger partial charge in [0, 0.05) is 6.42 Å². The lowest BCUT2D eigenvalue weighted by molar-refractivity contribution is -0.870. The summed E-state index contributed by atoms with van der Waals surface area (Å²) in [7, 11) is 1.24. The predicted molar refractivity (Wildman–Crippen MR) is 233 cm³/mol. The van der Waals surface area contributed by atoms with Crippen LogP contribution in [0.3, 0.4) is 0 Å². The molecule has 0 fully saturated rings. The Kier molecular flexibility index (Phi) is 37.8. The van der Waals surface area contributed by atoms with Crippen LogP contribution in [-0.2, 0) is 18.4 Å². The zero-order valence-electron chi connectivity index (χ0n) is 36.9. The van der Waals surface area contributed by atoms with Crippen molar-refractivity contribution in [2.45, 2.75) is 225 Å². The van der Waals surface area contributed by atoms with Gasteiger partial charge < -0.3 is 28.8 Å². The fraction of sp³-hybridized carbons (Fsp3) is 0.891. The van der Waals surface area contributed by atoms with Gasteiger partial charge in [-0.1, -0.05) is 212 Å². The van der Waals surface area contributed by atoms with E-state index in [1.807, 2.05) is 27.2 Å². The van der Waals surface area contributed by atoms with Gasteiger partial charge in [0.1, 0.15) is 13.2 Å². The van der Waals surface area contributed by atoms with Crippen LogP contribution in [0.5, 0.6) is 0 Å². The molecule has 0 radical (unpaired) electrons. The lowest BCUT2D eigenvalue weighted by Gasteiger charge is -2.29. The van der Waals surface area contributed by atoms with Crippen LogP contribution in [0.25, 0.3) is 0 Å². The fourth-order valence-electron chi connectivity index (χ4n) is 6.74. The van der Waals surface area contributed by atoms with E-state index in [9.17, 15) is 19.4 Å². The van der Waals surface area contributed by atoms with Crippen LogP contribution in [-0.4, -0.2) is 68.5 Å². The maximum Gasteiger partial charge on any atom is 0.268 e. The number of quaternary nitrogens is 1. The SMILES string of the molecule is CCCCCCCCC/C=C/C=C/[C@@H](O)[C@H](COP(=O)([O-])OCC[N+](C)(C)C)NC(=O)CCCCCCCCCCCCCCCCCCCCCCCC. The molecule has 0 heterocycles. The smallest absolute Gasteiger partial charge is 0.268 e. The first-order valence-corrected chi connectivity index (χ1v) is 24.7. The van der Waals surface area contributed by atoms with E-state index >= 15 is 0 Å². The minimum Gasteiger partial charge on any atom is -0.756 e. The number of carbonyl (C=O) groups is 1. The van der Waals surface area contributed by atoms with Crippen LogP contribution in [0.1, 0.15) is 213 Å². The molecule has 0 aromatic rings. The highest BCUT2D eigenvalue weighted by Crippen LogP contribution is 2.38. The number of hydrogen-bond acceptors (Lipinski definition) is 6. The van der Waals surface area contributed by atoms with Crippen molar-refractivity contribution in [1.29, 1.82) is 0 Å². The third-order valence-electron chi connectivity index (χ3n) is 10.5. The van der Waals surface area contributed by atoms with E-state index in [4.69, 9.17) is 9.05 Å². The van der Waals surface area contributed by atoms with Crippen LogP contribution < -0.4 is 10.2 Å². The number of aliphatic hydroxyl groups excluding tert-OH is 1. The Bertz CT molecular complexity index is 953. The predicted octanol–water partition coefficient (Wildman–Crippen LogP) is 12.3. The van der Waals surface area contributed by atoms with Crippen molar-refractivity contribution in [2.75, 3.05) is 40.9 Å². The average molecular weight is 799 g/mol. The summed E-state index contributed by atoms with van der Waals surface area (Å²) in [5, 5.41) is 13.7. The van der Waals surface area contributed by atoms with Gasteiger partial charge in [0.15, 0.2) is 0 Å². The molecule has 0 saturated heterocycles. The van der Waals surface area contributed by atoms with Crippen molar-refractivity contribution in [3.05, 3.63) is 24.3 Å². The maximum atomic E-state index is 12.8. The first-order valence-electron chi connectivity index (χ1n) is 23.2. The van der Waals surface area contributed by atoms with Crippen LogP contribution >= 0.6 is 7.82 Å². The quantitative estimate of drug-likeness (QED) is 0.0276. The largest absolute Gasteiger partial charge is 0.756 e. The molecule has 0 bridgehead atoms. The molecule has 8 nitrogen and oxygen atoms in total. The summed E-state index contributed by atoms with van der Waals surface area (Å²) >= 11 is 0. The number of phosphoric acid groups is 1. The van der Waals surface area contributed by atoms with Crippen molar-refractivity contribution in [1.82, 2.24) is 5.32 Å². The molecule has 0 aliphatic heterocycles. The van der Waals surface area contributed by atoms with Crippen molar-refractivity contribution in [3.8, 4) is 0 Å². The number of carbonyl (C=O) groups excluding carboxylic acids is 1. The molecule has 0 aromatic heterocycles. The molecule has 1 amide bonds. The number of phosphoric ester groups is 1. The van der Waals surface area contributed by atoms with E-state index in [0.29, 0.717) is 17.4 Å². The summed E-state index contributed by atoms with van der Waals surface area (Å²) < 4.78 is 23.1. The van der Waals surface area contributed by atoms with E-state index in [-0.39, 0.29) is 12.5 Å². The highest BCUT2D eigenvalue weighted by atomic mass is 31.2. The Balaban J connectivity index is 4.26. The normalized spacial score (nSPS) is 14.5. The van der Waals surface area contributed by atoms with Crippen LogP contribution in [0, 0.1) is 0 Å². The average Bonchev–Trinajstić information content (AvgIpc) is 3.13. The summed E-state index contributed by atoms with van der Waals surface area (Å²) in [5.74, 6) is -0.213. The van der Waals surface area contributed by atoms with Gasteiger partial charge in [0.2, 0.25) is 5.91 Å². The lowest BCUT2D eigenvalue weighted by atomic mass is 10.0. The number of aliphatic hydroxyl groups is 1. The molecule has 0 rings (SSSR count). The highest BCUT2D eigenvalue weighted by molar-refractivity contribution is 7.45. The second-order valence-electron chi connectivity index (χ2n) is 17.2. The van der Waals surface area contributed by atoms with E-state index in [1.54, 1.807) is 12.2 Å². The topological polar surface area (TPSA) is 108 Å². The van der Waals surface area contributed by atoms with Gasteiger partial charge in [0.25, 0.3) is 7.82 Å². The Labute approximate surface area is 341 Å². The molecular formula is C46H91N2O6P. The molecule has 2 N–H and O–H groups in total. The molecule has 0 spiro atoms. The number of allylic oxidation sites excluding steroid dienone is 3. The van der Waals surface area contributed by atoms with Crippen LogP contribution in [0.15, 0.2) is 24.3 Å². The number of hydrogen-bond donors (Lipinski definition) is 2. The number of amides is 1. The number of unbranched alkanes of at least 4 members (excludes halogenated alkanes) is 28. The third kappa shape index (κ3) is 41.0. The van der Waals surface area contributed by atoms with Gasteiger partial charge in [-0.2, -0.15) is 0 Å². The van der Waals surface area contributed by atoms with Gasteiger partial charge in [-0.05, 0) is 19.3 Å². The van der Waals surface area contributed by atoms with Crippen LogP contribution in [0.4, 0.5) is 0 Å². The Hall–Kier alpha value is -1.02. The molecule has 3 atom stereocenters. The van der Waals surface area contributed by atoms with E-state index in [1.165, 1.54) is 161 Å². The van der Waals surface area contributed by atoms with E-state index in [2.05, 4.69) is 25.2 Å². The molecule has 0 aromatic carbocycles. The number of nitrogens with zero attached hydrogens (tertiary/aromatic N) is 1. The first kappa shape index (κ1) is 54.0. The zero-order valence-corrected chi connectivity index (χ0v) is 37.8. The molecule has 9 heteroatoms. The van der Waals surface area contributed by atoms with Crippen molar-refractivity contribution in [2.24, 2.45) is 0 Å². The van der Waals surface area contributed by atoms with Crippen LogP contribution in [0.2, 0.25) is 0 Å². The molecule has 0 saturated carbocycles. The highest BCUT2D eigenvalue weighted by Gasteiger charge is 2.23. The second-order valence-corrected chi connectivity index (χ2v) is 18.6. The summed E-state index contributed by atoms with van der Waals surface area (Å²) in [5.41, 5.74) is 0. The van der Waals surface area contributed by atoms with E-state index < -0.39 is 26.6 Å². The summed E-state index contributed by atoms with van der Waals surface area (Å²) in [6, 6.07) is -0.913. The minimum atomic E-state index is -4.59. The van der Waals surface area contributed by atoms with Crippen molar-refractivity contribution in [3.63, 3.8) is 0 Å². The minimum absolute atomic E-state index is 0.00714. The summed E-state index contributed by atoms with van der Waals surface area (Å²) in [6.07, 6.45) is 45.3. The number of nitrogens with one attached hydrogen (secondary N) is 1. The molecule has 326 valence electrons. The Morgan fingerprint density at radius 2 is 1.04 bits per heavy atom. The lowest BCUT2D eigenvalue weighted by Crippen LogP contribution is -2.45. The fourth-order valence-corrected chi connectivity index (χ4v) is 7.46. The van der Waals surface area contributed by atoms with Gasteiger partial charge in [-0.25, -0.2) is 0 Å². The number of rotatable bonds is 42. The molecular weight excluding hydrogens is 707 g/mol. The summed E-state index contributed by atoms with van der Waals surface area (Å²) in [4.78, 5) is 25.3. The Morgan fingerprint density at radius 1 is 0.636 bits per heavy atom. The first-order chi connectivity index (χ1) is 26.5. The molecule has 0 aliphatic rings. The monoisotopic (exact) mass is 799 g/mol. The number of likely N-dealkylation sites (N-methyl/N-ethyl adjacent to an activating group) is 1. The second kappa shape index (κ2) is 38.5. The molecule has 55 heavy (non-hydrogen) atoms.